The molecule has 0 saturated heterocycles. The minimum Gasteiger partial charge on any atom is -0.357 e. The number of nitrogens with zero attached hydrogens (tertiary/aromatic N) is 2. The summed E-state index contributed by atoms with van der Waals surface area (Å²) in [4.78, 5) is 29.1. The number of hydrogen-bond donors (Lipinski definition) is 1. The van der Waals surface area contributed by atoms with Gasteiger partial charge in [-0.3, -0.25) is 13.9 Å². The molecule has 0 aromatic heterocycles. The molecule has 1 unspecified atom stereocenters. The number of rotatable bonds is 11. The summed E-state index contributed by atoms with van der Waals surface area (Å²) in [6, 6.07) is 29.6. The van der Waals surface area contributed by atoms with Crippen molar-refractivity contribution in [1.29, 1.82) is 0 Å². The molecule has 0 aliphatic heterocycles. The van der Waals surface area contributed by atoms with E-state index >= 15 is 0 Å². The van der Waals surface area contributed by atoms with Crippen LogP contribution in [-0.2, 0) is 32.6 Å². The quantitative estimate of drug-likeness (QED) is 0.228. The SMILES string of the molecule is CNC(=O)C(Cc1ccccc1)N(Cc1ccc(Br)cc1)C(=O)CN(c1ccc(C)cc1)S(=O)(=O)c1ccc(C)cc1. The topological polar surface area (TPSA) is 86.8 Å². The molecule has 0 bridgehead atoms. The number of hydrogen-bond acceptors (Lipinski definition) is 4. The van der Waals surface area contributed by atoms with Gasteiger partial charge in [0.25, 0.3) is 10.0 Å². The third kappa shape index (κ3) is 7.66. The fraction of sp³-hybridized carbons (Fsp3) is 0.212. The second kappa shape index (κ2) is 13.8. The molecule has 1 N–H and O–H groups in total. The Morgan fingerprint density at radius 3 is 1.93 bits per heavy atom. The smallest absolute Gasteiger partial charge is 0.264 e. The molecule has 218 valence electrons. The highest BCUT2D eigenvalue weighted by Gasteiger charge is 2.34. The Kier molecular flexibility index (Phi) is 10.2. The van der Waals surface area contributed by atoms with Gasteiger partial charge in [-0.05, 0) is 61.4 Å². The molecule has 9 heteroatoms. The van der Waals surface area contributed by atoms with Crippen LogP contribution in [0, 0.1) is 13.8 Å². The van der Waals surface area contributed by atoms with Gasteiger partial charge in [0.1, 0.15) is 12.6 Å². The number of benzene rings is 4. The molecular formula is C33H34BrN3O4S. The van der Waals surface area contributed by atoms with Crippen LogP contribution in [0.2, 0.25) is 0 Å². The molecule has 42 heavy (non-hydrogen) atoms. The van der Waals surface area contributed by atoms with E-state index in [-0.39, 0.29) is 23.8 Å². The van der Waals surface area contributed by atoms with Crippen LogP contribution in [0.1, 0.15) is 22.3 Å². The number of sulfonamides is 1. The Labute approximate surface area is 256 Å². The second-order valence-corrected chi connectivity index (χ2v) is 12.9. The molecule has 0 spiro atoms. The minimum atomic E-state index is -4.12. The fourth-order valence-corrected chi connectivity index (χ4v) is 6.26. The first-order valence-electron chi connectivity index (χ1n) is 13.5. The number of aryl methyl sites for hydroxylation is 2. The Bertz CT molecular complexity index is 1610. The van der Waals surface area contributed by atoms with E-state index < -0.39 is 28.5 Å². The van der Waals surface area contributed by atoms with Crippen LogP contribution in [0.4, 0.5) is 5.69 Å². The summed E-state index contributed by atoms with van der Waals surface area (Å²) in [6.45, 7) is 3.41. The zero-order valence-electron chi connectivity index (χ0n) is 23.8. The van der Waals surface area contributed by atoms with Crippen molar-refractivity contribution in [3.63, 3.8) is 0 Å². The predicted octanol–water partition coefficient (Wildman–Crippen LogP) is 5.65. The summed E-state index contributed by atoms with van der Waals surface area (Å²) in [5.74, 6) is -0.841. The number of amides is 2. The van der Waals surface area contributed by atoms with Gasteiger partial charge in [-0.15, -0.1) is 0 Å². The van der Waals surface area contributed by atoms with Crippen LogP contribution in [0.3, 0.4) is 0 Å². The molecule has 0 aliphatic rings. The molecule has 4 aromatic rings. The van der Waals surface area contributed by atoms with Gasteiger partial charge < -0.3 is 10.2 Å². The van der Waals surface area contributed by atoms with Crippen molar-refractivity contribution in [2.24, 2.45) is 0 Å². The Hall–Kier alpha value is -3.95. The summed E-state index contributed by atoms with van der Waals surface area (Å²) in [5, 5.41) is 2.70. The van der Waals surface area contributed by atoms with E-state index in [2.05, 4.69) is 21.2 Å². The predicted molar refractivity (Wildman–Crippen MR) is 170 cm³/mol. The lowest BCUT2D eigenvalue weighted by atomic mass is 10.0. The maximum absolute atomic E-state index is 14.3. The van der Waals surface area contributed by atoms with Crippen molar-refractivity contribution in [2.45, 2.75) is 37.8 Å². The van der Waals surface area contributed by atoms with Crippen molar-refractivity contribution in [1.82, 2.24) is 10.2 Å². The molecule has 0 radical (unpaired) electrons. The summed E-state index contributed by atoms with van der Waals surface area (Å²) in [5.41, 5.74) is 3.91. The van der Waals surface area contributed by atoms with Crippen LogP contribution < -0.4 is 9.62 Å². The van der Waals surface area contributed by atoms with Crippen LogP contribution in [0.5, 0.6) is 0 Å². The van der Waals surface area contributed by atoms with Crippen LogP contribution in [-0.4, -0.2) is 44.8 Å². The van der Waals surface area contributed by atoms with Gasteiger partial charge in [-0.2, -0.15) is 0 Å². The monoisotopic (exact) mass is 647 g/mol. The van der Waals surface area contributed by atoms with E-state index in [4.69, 9.17) is 0 Å². The highest BCUT2D eigenvalue weighted by Crippen LogP contribution is 2.26. The average Bonchev–Trinajstić information content (AvgIpc) is 2.99. The molecule has 0 aliphatic carbocycles. The van der Waals surface area contributed by atoms with Gasteiger partial charge >= 0.3 is 0 Å². The molecule has 4 aromatic carbocycles. The van der Waals surface area contributed by atoms with E-state index in [0.29, 0.717) is 5.69 Å². The minimum absolute atomic E-state index is 0.0769. The van der Waals surface area contributed by atoms with Gasteiger partial charge in [-0.1, -0.05) is 93.8 Å². The van der Waals surface area contributed by atoms with Crippen LogP contribution in [0.25, 0.3) is 0 Å². The van der Waals surface area contributed by atoms with E-state index in [1.54, 1.807) is 48.5 Å². The summed E-state index contributed by atoms with van der Waals surface area (Å²) < 4.78 is 30.0. The lowest BCUT2D eigenvalue weighted by molar-refractivity contribution is -0.139. The standard InChI is InChI=1S/C33H34BrN3O4S/c1-24-9-17-29(18-10-24)37(42(40,41)30-19-11-25(2)12-20-30)23-32(38)36(22-27-13-15-28(34)16-14-27)31(33(39)35-3)21-26-7-5-4-6-8-26/h4-20,31H,21-23H2,1-3H3,(H,35,39). The number of carbonyl (C=O) groups excluding carboxylic acids is 2. The average molecular weight is 649 g/mol. The molecule has 0 heterocycles. The van der Waals surface area contributed by atoms with E-state index in [0.717, 1.165) is 31.0 Å². The highest BCUT2D eigenvalue weighted by molar-refractivity contribution is 9.10. The van der Waals surface area contributed by atoms with Crippen molar-refractivity contribution in [3.8, 4) is 0 Å². The van der Waals surface area contributed by atoms with Crippen LogP contribution in [0.15, 0.2) is 112 Å². The van der Waals surface area contributed by atoms with Gasteiger partial charge in [0.2, 0.25) is 11.8 Å². The van der Waals surface area contributed by atoms with E-state index in [9.17, 15) is 18.0 Å². The first kappa shape index (κ1) is 31.0. The molecule has 0 saturated carbocycles. The Balaban J connectivity index is 1.77. The lowest BCUT2D eigenvalue weighted by Gasteiger charge is -2.33. The van der Waals surface area contributed by atoms with Crippen molar-refractivity contribution >= 4 is 43.5 Å². The Morgan fingerprint density at radius 2 is 1.36 bits per heavy atom. The third-order valence-corrected chi connectivity index (χ3v) is 9.31. The first-order chi connectivity index (χ1) is 20.1. The maximum atomic E-state index is 14.3. The summed E-state index contributed by atoms with van der Waals surface area (Å²) in [7, 11) is -2.59. The van der Waals surface area contributed by atoms with Gasteiger partial charge in [-0.25, -0.2) is 8.42 Å². The molecule has 2 amide bonds. The molecule has 1 atom stereocenters. The maximum Gasteiger partial charge on any atom is 0.264 e. The van der Waals surface area contributed by atoms with Gasteiger partial charge in [0, 0.05) is 24.5 Å². The summed E-state index contributed by atoms with van der Waals surface area (Å²) >= 11 is 3.44. The first-order valence-corrected chi connectivity index (χ1v) is 15.8. The largest absolute Gasteiger partial charge is 0.357 e. The highest BCUT2D eigenvalue weighted by atomic mass is 79.9. The fourth-order valence-electron chi connectivity index (χ4n) is 4.58. The van der Waals surface area contributed by atoms with E-state index in [1.807, 2.05) is 68.4 Å². The van der Waals surface area contributed by atoms with Crippen molar-refractivity contribution < 1.29 is 18.0 Å². The van der Waals surface area contributed by atoms with Crippen molar-refractivity contribution in [3.05, 3.63) is 130 Å². The number of likely N-dealkylation sites (N-methyl/N-ethyl adjacent to an activating group) is 1. The number of anilines is 1. The van der Waals surface area contributed by atoms with Crippen LogP contribution >= 0.6 is 15.9 Å². The normalized spacial score (nSPS) is 11.9. The lowest BCUT2D eigenvalue weighted by Crippen LogP contribution is -2.53. The number of halogens is 1. The van der Waals surface area contributed by atoms with Gasteiger partial charge in [0.15, 0.2) is 0 Å². The number of carbonyl (C=O) groups is 2. The third-order valence-electron chi connectivity index (χ3n) is 6.99. The summed E-state index contributed by atoms with van der Waals surface area (Å²) in [6.07, 6.45) is 0.262. The van der Waals surface area contributed by atoms with Gasteiger partial charge in [0.05, 0.1) is 10.6 Å². The molecule has 4 rings (SSSR count). The second-order valence-electron chi connectivity index (χ2n) is 10.1. The molecule has 7 nitrogen and oxygen atoms in total. The van der Waals surface area contributed by atoms with Crippen molar-refractivity contribution in [2.75, 3.05) is 17.9 Å². The van der Waals surface area contributed by atoms with E-state index in [1.165, 1.54) is 11.9 Å². The number of nitrogens with one attached hydrogen (secondary N) is 1. The zero-order valence-corrected chi connectivity index (χ0v) is 26.2. The zero-order chi connectivity index (χ0) is 30.3. The Morgan fingerprint density at radius 1 is 0.786 bits per heavy atom. The molecule has 0 fully saturated rings. The molecular weight excluding hydrogens is 614 g/mol.